The first-order valence-electron chi connectivity index (χ1n) is 8.37. The number of carbonyl (C=O) groups excluding carboxylic acids is 3. The second-order valence-electron chi connectivity index (χ2n) is 6.38. The second-order valence-corrected chi connectivity index (χ2v) is 7.70. The molecule has 1 heterocycles. The van der Waals surface area contributed by atoms with Crippen LogP contribution in [-0.2, 0) is 14.3 Å². The molecule has 140 valence electrons. The zero-order valence-electron chi connectivity index (χ0n) is 14.6. The van der Waals surface area contributed by atoms with E-state index >= 15 is 0 Å². The van der Waals surface area contributed by atoms with Gasteiger partial charge in [0.2, 0.25) is 5.91 Å². The molecule has 1 atom stereocenters. The van der Waals surface area contributed by atoms with Crippen molar-refractivity contribution in [1.29, 1.82) is 0 Å². The molecule has 0 aliphatic carbocycles. The molecule has 0 radical (unpaired) electrons. The number of rotatable bonds is 5. The van der Waals surface area contributed by atoms with Gasteiger partial charge in [-0.2, -0.15) is 0 Å². The molecule has 0 unspecified atom stereocenters. The number of halogens is 2. The number of hydrogen-bond acceptors (Lipinski definition) is 4. The highest BCUT2D eigenvalue weighted by molar-refractivity contribution is 9.10. The van der Waals surface area contributed by atoms with Crippen molar-refractivity contribution in [3.05, 3.63) is 63.1 Å². The summed E-state index contributed by atoms with van der Waals surface area (Å²) in [5.74, 6) is -1.61. The number of Topliss-reactive ketones (excluding diaryl/α,β-unsaturated/α-hetero) is 1. The number of amides is 1. The fourth-order valence-corrected chi connectivity index (χ4v) is 3.28. The third kappa shape index (κ3) is 4.57. The van der Waals surface area contributed by atoms with Gasteiger partial charge >= 0.3 is 5.97 Å². The van der Waals surface area contributed by atoms with Gasteiger partial charge in [-0.3, -0.25) is 14.4 Å². The van der Waals surface area contributed by atoms with E-state index in [2.05, 4.69) is 15.9 Å². The van der Waals surface area contributed by atoms with E-state index in [1.54, 1.807) is 36.4 Å². The van der Waals surface area contributed by atoms with Crippen molar-refractivity contribution in [2.24, 2.45) is 5.92 Å². The molecule has 1 fully saturated rings. The maximum atomic E-state index is 12.3. The van der Waals surface area contributed by atoms with Crippen LogP contribution in [0.25, 0.3) is 0 Å². The SMILES string of the molecule is Cc1ccc(N2C[C@H](C(=O)OCC(=O)c3ccc(Br)cc3)CC2=O)cc1Cl. The number of aryl methyl sites for hydroxylation is 1. The van der Waals surface area contributed by atoms with Gasteiger partial charge in [0.15, 0.2) is 12.4 Å². The lowest BCUT2D eigenvalue weighted by Gasteiger charge is -2.17. The van der Waals surface area contributed by atoms with Crippen molar-refractivity contribution in [3.8, 4) is 0 Å². The Morgan fingerprint density at radius 2 is 1.93 bits per heavy atom. The fourth-order valence-electron chi connectivity index (χ4n) is 2.84. The topological polar surface area (TPSA) is 63.7 Å². The lowest BCUT2D eigenvalue weighted by Crippen LogP contribution is -2.27. The van der Waals surface area contributed by atoms with E-state index in [0.29, 0.717) is 16.3 Å². The third-order valence-electron chi connectivity index (χ3n) is 4.44. The smallest absolute Gasteiger partial charge is 0.311 e. The van der Waals surface area contributed by atoms with E-state index in [9.17, 15) is 14.4 Å². The molecule has 0 saturated carbocycles. The Morgan fingerprint density at radius 1 is 1.22 bits per heavy atom. The number of esters is 1. The van der Waals surface area contributed by atoms with E-state index in [0.717, 1.165) is 10.0 Å². The van der Waals surface area contributed by atoms with E-state index in [4.69, 9.17) is 16.3 Å². The zero-order chi connectivity index (χ0) is 19.6. The summed E-state index contributed by atoms with van der Waals surface area (Å²) in [6, 6.07) is 12.1. The third-order valence-corrected chi connectivity index (χ3v) is 5.37. The van der Waals surface area contributed by atoms with Gasteiger partial charge in [0, 0.05) is 33.7 Å². The number of benzene rings is 2. The van der Waals surface area contributed by atoms with Gasteiger partial charge < -0.3 is 9.64 Å². The molecule has 0 spiro atoms. The van der Waals surface area contributed by atoms with Gasteiger partial charge in [-0.15, -0.1) is 0 Å². The van der Waals surface area contributed by atoms with Crippen LogP contribution in [0.5, 0.6) is 0 Å². The molecule has 1 aliphatic heterocycles. The standard InChI is InChI=1S/C20H17BrClNO4/c1-12-2-7-16(9-17(12)22)23-10-14(8-19(23)25)20(26)27-11-18(24)13-3-5-15(21)6-4-13/h2-7,9,14H,8,10-11H2,1H3/t14-/m1/s1. The minimum atomic E-state index is -0.602. The predicted octanol–water partition coefficient (Wildman–Crippen LogP) is 4.19. The molecular weight excluding hydrogens is 434 g/mol. The molecule has 5 nitrogen and oxygen atoms in total. The summed E-state index contributed by atoms with van der Waals surface area (Å²) in [4.78, 5) is 38.2. The maximum Gasteiger partial charge on any atom is 0.311 e. The summed E-state index contributed by atoms with van der Waals surface area (Å²) >= 11 is 9.42. The van der Waals surface area contributed by atoms with Gasteiger partial charge in [-0.05, 0) is 36.8 Å². The Kier molecular flexibility index (Phi) is 5.97. The molecule has 0 N–H and O–H groups in total. The van der Waals surface area contributed by atoms with Crippen molar-refractivity contribution in [3.63, 3.8) is 0 Å². The monoisotopic (exact) mass is 449 g/mol. The highest BCUT2D eigenvalue weighted by Crippen LogP contribution is 2.29. The summed E-state index contributed by atoms with van der Waals surface area (Å²) in [6.07, 6.45) is 0.0524. The Bertz CT molecular complexity index is 897. The Labute approximate surface area is 170 Å². The lowest BCUT2D eigenvalue weighted by atomic mass is 10.1. The number of carbonyl (C=O) groups is 3. The van der Waals surface area contributed by atoms with Gasteiger partial charge in [-0.1, -0.05) is 45.7 Å². The number of anilines is 1. The minimum absolute atomic E-state index is 0.0524. The summed E-state index contributed by atoms with van der Waals surface area (Å²) < 4.78 is 6.00. The average Bonchev–Trinajstić information content (AvgIpc) is 3.04. The average molecular weight is 451 g/mol. The van der Waals surface area contributed by atoms with E-state index < -0.39 is 11.9 Å². The first-order valence-corrected chi connectivity index (χ1v) is 9.54. The van der Waals surface area contributed by atoms with E-state index in [1.807, 2.05) is 13.0 Å². The minimum Gasteiger partial charge on any atom is -0.457 e. The van der Waals surface area contributed by atoms with Crippen molar-refractivity contribution in [1.82, 2.24) is 0 Å². The molecule has 27 heavy (non-hydrogen) atoms. The van der Waals surface area contributed by atoms with Crippen molar-refractivity contribution >= 4 is 50.9 Å². The number of ketones is 1. The Morgan fingerprint density at radius 3 is 2.59 bits per heavy atom. The van der Waals surface area contributed by atoms with Crippen molar-refractivity contribution in [2.45, 2.75) is 13.3 Å². The first kappa shape index (κ1) is 19.6. The Hall–Kier alpha value is -2.18. The largest absolute Gasteiger partial charge is 0.457 e. The van der Waals surface area contributed by atoms with Crippen LogP contribution >= 0.6 is 27.5 Å². The summed E-state index contributed by atoms with van der Waals surface area (Å²) in [6.45, 7) is 1.74. The second kappa shape index (κ2) is 8.23. The summed E-state index contributed by atoms with van der Waals surface area (Å²) in [5, 5.41) is 0.562. The van der Waals surface area contributed by atoms with Gasteiger partial charge in [-0.25, -0.2) is 0 Å². The molecule has 0 bridgehead atoms. The molecule has 1 aliphatic rings. The number of hydrogen-bond donors (Lipinski definition) is 0. The molecule has 7 heteroatoms. The van der Waals surface area contributed by atoms with Crippen LogP contribution < -0.4 is 4.90 Å². The molecule has 2 aromatic rings. The van der Waals surface area contributed by atoms with Crippen LogP contribution in [0.2, 0.25) is 5.02 Å². The molecule has 3 rings (SSSR count). The van der Waals surface area contributed by atoms with Gasteiger partial charge in [0.05, 0.1) is 5.92 Å². The number of ether oxygens (including phenoxy) is 1. The highest BCUT2D eigenvalue weighted by atomic mass is 79.9. The summed E-state index contributed by atoms with van der Waals surface area (Å²) in [5.41, 5.74) is 2.02. The fraction of sp³-hybridized carbons (Fsp3) is 0.250. The van der Waals surface area contributed by atoms with Crippen LogP contribution in [0, 0.1) is 12.8 Å². The highest BCUT2D eigenvalue weighted by Gasteiger charge is 2.36. The van der Waals surface area contributed by atoms with Crippen LogP contribution in [0.1, 0.15) is 22.3 Å². The molecule has 2 aromatic carbocycles. The maximum absolute atomic E-state index is 12.3. The van der Waals surface area contributed by atoms with Gasteiger partial charge in [0.25, 0.3) is 0 Å². The van der Waals surface area contributed by atoms with Crippen LogP contribution in [0.3, 0.4) is 0 Å². The van der Waals surface area contributed by atoms with Gasteiger partial charge in [0.1, 0.15) is 0 Å². The van der Waals surface area contributed by atoms with Crippen LogP contribution in [-0.4, -0.2) is 30.8 Å². The van der Waals surface area contributed by atoms with E-state index in [-0.39, 0.29) is 31.3 Å². The predicted molar refractivity (Wildman–Crippen MR) is 106 cm³/mol. The molecular formula is C20H17BrClNO4. The number of nitrogens with zero attached hydrogens (tertiary/aromatic N) is 1. The first-order chi connectivity index (χ1) is 12.8. The van der Waals surface area contributed by atoms with E-state index in [1.165, 1.54) is 4.90 Å². The quantitative estimate of drug-likeness (QED) is 0.506. The van der Waals surface area contributed by atoms with Crippen LogP contribution in [0.4, 0.5) is 5.69 Å². The van der Waals surface area contributed by atoms with Crippen LogP contribution in [0.15, 0.2) is 46.9 Å². The normalized spacial score (nSPS) is 16.5. The van der Waals surface area contributed by atoms with Crippen molar-refractivity contribution < 1.29 is 19.1 Å². The molecule has 1 saturated heterocycles. The zero-order valence-corrected chi connectivity index (χ0v) is 16.9. The van der Waals surface area contributed by atoms with Crippen molar-refractivity contribution in [2.75, 3.05) is 18.1 Å². The molecule has 1 amide bonds. The Balaban J connectivity index is 1.59. The molecule has 0 aromatic heterocycles. The lowest BCUT2D eigenvalue weighted by molar-refractivity contribution is -0.147. The summed E-state index contributed by atoms with van der Waals surface area (Å²) in [7, 11) is 0.